The quantitative estimate of drug-likeness (QED) is 0.733. The van der Waals surface area contributed by atoms with E-state index in [1.807, 2.05) is 49.5 Å². The van der Waals surface area contributed by atoms with Crippen molar-refractivity contribution in [3.05, 3.63) is 63.1 Å². The lowest BCUT2D eigenvalue weighted by atomic mass is 10.2. The average Bonchev–Trinajstić information content (AvgIpc) is 2.54. The van der Waals surface area contributed by atoms with E-state index in [0.29, 0.717) is 24.7 Å². The Labute approximate surface area is 155 Å². The standard InChI is InChI=1S/C18H20BrClN2O2/c1-22(11-14-9-15(19)7-8-17(14)24-2)12-18(23)21-10-13-5-3-4-6-16(13)20/h3-9H,10-12H2,1-2H3,(H,21,23)/p+1. The third-order valence-corrected chi connectivity index (χ3v) is 4.49. The zero-order valence-electron chi connectivity index (χ0n) is 13.7. The molecule has 0 heterocycles. The molecule has 0 aliphatic heterocycles. The molecule has 0 aliphatic rings. The second-order valence-electron chi connectivity index (χ2n) is 5.63. The average molecular weight is 413 g/mol. The van der Waals surface area contributed by atoms with Gasteiger partial charge in [0.15, 0.2) is 6.54 Å². The van der Waals surface area contributed by atoms with Gasteiger partial charge in [0.25, 0.3) is 5.91 Å². The van der Waals surface area contributed by atoms with Gasteiger partial charge in [-0.1, -0.05) is 45.7 Å². The molecule has 0 saturated heterocycles. The summed E-state index contributed by atoms with van der Waals surface area (Å²) in [6.07, 6.45) is 0. The smallest absolute Gasteiger partial charge is 0.275 e. The Hall–Kier alpha value is -1.56. The summed E-state index contributed by atoms with van der Waals surface area (Å²) < 4.78 is 6.37. The van der Waals surface area contributed by atoms with Crippen molar-refractivity contribution < 1.29 is 14.4 Å². The summed E-state index contributed by atoms with van der Waals surface area (Å²) in [6, 6.07) is 13.4. The maximum Gasteiger partial charge on any atom is 0.275 e. The predicted octanol–water partition coefficient (Wildman–Crippen LogP) is 2.44. The lowest BCUT2D eigenvalue weighted by molar-refractivity contribution is -0.885. The maximum absolute atomic E-state index is 12.1. The number of hydrogen-bond donors (Lipinski definition) is 2. The van der Waals surface area contributed by atoms with Crippen LogP contribution in [0.5, 0.6) is 5.75 Å². The van der Waals surface area contributed by atoms with Crippen molar-refractivity contribution in [2.45, 2.75) is 13.1 Å². The molecule has 2 rings (SSSR count). The molecule has 4 nitrogen and oxygen atoms in total. The number of rotatable bonds is 7. The van der Waals surface area contributed by atoms with Gasteiger partial charge in [0.2, 0.25) is 0 Å². The summed E-state index contributed by atoms with van der Waals surface area (Å²) in [5, 5.41) is 3.58. The minimum atomic E-state index is -0.0126. The normalized spacial score (nSPS) is 11.8. The van der Waals surface area contributed by atoms with E-state index in [-0.39, 0.29) is 5.91 Å². The number of carbonyl (C=O) groups is 1. The first-order chi connectivity index (χ1) is 11.5. The van der Waals surface area contributed by atoms with Crippen LogP contribution in [0.3, 0.4) is 0 Å². The van der Waals surface area contributed by atoms with E-state index in [9.17, 15) is 4.79 Å². The van der Waals surface area contributed by atoms with Gasteiger partial charge in [0.1, 0.15) is 12.3 Å². The molecule has 0 fully saturated rings. The van der Waals surface area contributed by atoms with Crippen LogP contribution in [0.4, 0.5) is 0 Å². The van der Waals surface area contributed by atoms with Crippen LogP contribution in [0, 0.1) is 0 Å². The zero-order chi connectivity index (χ0) is 17.5. The van der Waals surface area contributed by atoms with Gasteiger partial charge in [0, 0.05) is 21.6 Å². The molecule has 1 amide bonds. The lowest BCUT2D eigenvalue weighted by Crippen LogP contribution is -3.08. The van der Waals surface area contributed by atoms with E-state index in [0.717, 1.165) is 26.2 Å². The van der Waals surface area contributed by atoms with Crippen LogP contribution < -0.4 is 15.0 Å². The topological polar surface area (TPSA) is 42.8 Å². The zero-order valence-corrected chi connectivity index (χ0v) is 16.1. The monoisotopic (exact) mass is 411 g/mol. The number of nitrogens with one attached hydrogen (secondary N) is 2. The Morgan fingerprint density at radius 2 is 2.00 bits per heavy atom. The van der Waals surface area contributed by atoms with E-state index in [2.05, 4.69) is 21.2 Å². The Morgan fingerprint density at radius 1 is 1.25 bits per heavy atom. The molecule has 0 bridgehead atoms. The van der Waals surface area contributed by atoms with Crippen molar-refractivity contribution in [3.8, 4) is 5.75 Å². The molecule has 0 radical (unpaired) electrons. The minimum Gasteiger partial charge on any atom is -0.496 e. The summed E-state index contributed by atoms with van der Waals surface area (Å²) in [4.78, 5) is 13.2. The molecule has 0 aromatic heterocycles. The largest absolute Gasteiger partial charge is 0.496 e. The molecule has 2 aromatic carbocycles. The van der Waals surface area contributed by atoms with E-state index in [1.165, 1.54) is 0 Å². The van der Waals surface area contributed by atoms with Gasteiger partial charge in [-0.05, 0) is 29.8 Å². The second kappa shape index (κ2) is 9.06. The summed E-state index contributed by atoms with van der Waals surface area (Å²) in [6.45, 7) is 1.51. The van der Waals surface area contributed by atoms with E-state index < -0.39 is 0 Å². The number of methoxy groups -OCH3 is 1. The third-order valence-electron chi connectivity index (χ3n) is 3.63. The first-order valence-electron chi connectivity index (χ1n) is 7.63. The van der Waals surface area contributed by atoms with Crippen LogP contribution in [-0.4, -0.2) is 26.6 Å². The van der Waals surface area contributed by atoms with E-state index >= 15 is 0 Å². The molecule has 128 valence electrons. The van der Waals surface area contributed by atoms with Crippen LogP contribution in [0.15, 0.2) is 46.9 Å². The number of carbonyl (C=O) groups excluding carboxylic acids is 1. The summed E-state index contributed by atoms with van der Waals surface area (Å²) in [5.74, 6) is 0.815. The van der Waals surface area contributed by atoms with Crippen molar-refractivity contribution >= 4 is 33.4 Å². The number of halogens is 2. The predicted molar refractivity (Wildman–Crippen MR) is 99.5 cm³/mol. The van der Waals surface area contributed by atoms with Crippen LogP contribution in [0.25, 0.3) is 0 Å². The highest BCUT2D eigenvalue weighted by molar-refractivity contribution is 9.10. The lowest BCUT2D eigenvalue weighted by Gasteiger charge is -2.16. The van der Waals surface area contributed by atoms with Crippen LogP contribution >= 0.6 is 27.5 Å². The van der Waals surface area contributed by atoms with Crippen LogP contribution in [0.1, 0.15) is 11.1 Å². The molecule has 24 heavy (non-hydrogen) atoms. The highest BCUT2D eigenvalue weighted by Crippen LogP contribution is 2.22. The van der Waals surface area contributed by atoms with Gasteiger partial charge in [-0.15, -0.1) is 0 Å². The fourth-order valence-electron chi connectivity index (χ4n) is 2.45. The molecule has 6 heteroatoms. The number of quaternary nitrogens is 1. The third kappa shape index (κ3) is 5.51. The minimum absolute atomic E-state index is 0.0126. The molecule has 0 saturated carbocycles. The van der Waals surface area contributed by atoms with Crippen molar-refractivity contribution in [2.24, 2.45) is 0 Å². The Balaban J connectivity index is 1.88. The highest BCUT2D eigenvalue weighted by Gasteiger charge is 2.14. The van der Waals surface area contributed by atoms with Crippen molar-refractivity contribution in [1.82, 2.24) is 5.32 Å². The summed E-state index contributed by atoms with van der Waals surface area (Å²) in [7, 11) is 3.63. The molecular formula is C18H21BrClN2O2+. The summed E-state index contributed by atoms with van der Waals surface area (Å²) >= 11 is 9.56. The first-order valence-corrected chi connectivity index (χ1v) is 8.80. The Kier molecular flexibility index (Phi) is 7.09. The van der Waals surface area contributed by atoms with Crippen molar-refractivity contribution in [1.29, 1.82) is 0 Å². The van der Waals surface area contributed by atoms with Gasteiger partial charge in [-0.3, -0.25) is 4.79 Å². The number of ether oxygens (including phenoxy) is 1. The van der Waals surface area contributed by atoms with E-state index in [4.69, 9.17) is 16.3 Å². The number of amides is 1. The number of likely N-dealkylation sites (N-methyl/N-ethyl adjacent to an activating group) is 1. The molecule has 2 N–H and O–H groups in total. The molecule has 1 atom stereocenters. The van der Waals surface area contributed by atoms with Crippen LogP contribution in [-0.2, 0) is 17.9 Å². The van der Waals surface area contributed by atoms with E-state index in [1.54, 1.807) is 7.11 Å². The second-order valence-corrected chi connectivity index (χ2v) is 6.96. The molecule has 2 aromatic rings. The van der Waals surface area contributed by atoms with Gasteiger partial charge in [0.05, 0.1) is 14.2 Å². The fourth-order valence-corrected chi connectivity index (χ4v) is 3.06. The number of benzene rings is 2. The first kappa shape index (κ1) is 18.8. The maximum atomic E-state index is 12.1. The summed E-state index contributed by atoms with van der Waals surface area (Å²) in [5.41, 5.74) is 1.97. The van der Waals surface area contributed by atoms with Gasteiger partial charge in [-0.2, -0.15) is 0 Å². The SMILES string of the molecule is COc1ccc(Br)cc1C[NH+](C)CC(=O)NCc1ccccc1Cl. The Bertz CT molecular complexity index is 709. The fraction of sp³-hybridized carbons (Fsp3) is 0.278. The van der Waals surface area contributed by atoms with Gasteiger partial charge < -0.3 is 15.0 Å². The highest BCUT2D eigenvalue weighted by atomic mass is 79.9. The van der Waals surface area contributed by atoms with Crippen molar-refractivity contribution in [3.63, 3.8) is 0 Å². The van der Waals surface area contributed by atoms with Crippen LogP contribution in [0.2, 0.25) is 5.02 Å². The molecule has 0 spiro atoms. The van der Waals surface area contributed by atoms with Gasteiger partial charge in [-0.25, -0.2) is 0 Å². The van der Waals surface area contributed by atoms with Crippen molar-refractivity contribution in [2.75, 3.05) is 20.7 Å². The molecular weight excluding hydrogens is 392 g/mol. The molecule has 1 unspecified atom stereocenters. The molecule has 0 aliphatic carbocycles. The Morgan fingerprint density at radius 3 is 2.71 bits per heavy atom. The van der Waals surface area contributed by atoms with Gasteiger partial charge >= 0.3 is 0 Å². The number of hydrogen-bond acceptors (Lipinski definition) is 2.